The third-order valence-electron chi connectivity index (χ3n) is 4.36. The van der Waals surface area contributed by atoms with Crippen LogP contribution < -0.4 is 16.1 Å². The molecule has 3 amide bonds. The number of nitrogens with one attached hydrogen (secondary N) is 3. The smallest absolute Gasteiger partial charge is 0.326 e. The minimum atomic E-state index is -1.12. The van der Waals surface area contributed by atoms with Crippen molar-refractivity contribution < 1.29 is 29.1 Å². The van der Waals surface area contributed by atoms with Gasteiger partial charge in [0.05, 0.1) is 18.7 Å². The van der Waals surface area contributed by atoms with Gasteiger partial charge in [0.15, 0.2) is 0 Å². The molecule has 32 heavy (non-hydrogen) atoms. The van der Waals surface area contributed by atoms with Crippen LogP contribution in [0.3, 0.4) is 0 Å². The molecule has 0 aliphatic rings. The van der Waals surface area contributed by atoms with Crippen LogP contribution in [0.1, 0.15) is 36.2 Å². The van der Waals surface area contributed by atoms with Crippen molar-refractivity contribution in [2.75, 3.05) is 6.54 Å². The standard InChI is InChI=1S/C22H28N4O6/c1-15(2)10-18(22(30)31)24-19(27)11-23-21(29)17-8-9-26(12-17)13-20(28)25-32-14-16-6-4-3-5-7-16/h3-9,12,15,18H,10-11,13-14H2,1-2H3,(H,23,29)(H,24,27)(H,25,28)(H,30,31)/t18-/m0/s1. The maximum atomic E-state index is 12.2. The van der Waals surface area contributed by atoms with Gasteiger partial charge >= 0.3 is 5.97 Å². The molecule has 0 unspecified atom stereocenters. The lowest BCUT2D eigenvalue weighted by molar-refractivity contribution is -0.142. The molecule has 1 aromatic heterocycles. The summed E-state index contributed by atoms with van der Waals surface area (Å²) >= 11 is 0. The van der Waals surface area contributed by atoms with E-state index < -0.39 is 29.7 Å². The van der Waals surface area contributed by atoms with Gasteiger partial charge in [0, 0.05) is 12.4 Å². The highest BCUT2D eigenvalue weighted by Gasteiger charge is 2.21. The van der Waals surface area contributed by atoms with Crippen LogP contribution in [0.5, 0.6) is 0 Å². The van der Waals surface area contributed by atoms with Crippen LogP contribution in [0.25, 0.3) is 0 Å². The second-order valence-electron chi connectivity index (χ2n) is 7.64. The van der Waals surface area contributed by atoms with Gasteiger partial charge in [0.25, 0.3) is 11.8 Å². The fourth-order valence-corrected chi connectivity index (χ4v) is 2.85. The van der Waals surface area contributed by atoms with Gasteiger partial charge in [0.1, 0.15) is 12.6 Å². The quantitative estimate of drug-likeness (QED) is 0.361. The van der Waals surface area contributed by atoms with E-state index in [1.807, 2.05) is 44.2 Å². The summed E-state index contributed by atoms with van der Waals surface area (Å²) in [5.41, 5.74) is 3.51. The van der Waals surface area contributed by atoms with Gasteiger partial charge in [-0.1, -0.05) is 44.2 Å². The monoisotopic (exact) mass is 444 g/mol. The van der Waals surface area contributed by atoms with Gasteiger partial charge in [0.2, 0.25) is 5.91 Å². The molecule has 2 aromatic rings. The molecule has 172 valence electrons. The van der Waals surface area contributed by atoms with Crippen molar-refractivity contribution in [1.82, 2.24) is 20.7 Å². The van der Waals surface area contributed by atoms with Crippen molar-refractivity contribution >= 4 is 23.7 Å². The van der Waals surface area contributed by atoms with Crippen molar-refractivity contribution in [3.05, 3.63) is 59.9 Å². The average Bonchev–Trinajstić information content (AvgIpc) is 3.20. The molecule has 1 heterocycles. The Kier molecular flexibility index (Phi) is 9.43. The minimum absolute atomic E-state index is 0.0575. The summed E-state index contributed by atoms with van der Waals surface area (Å²) in [6.45, 7) is 3.51. The van der Waals surface area contributed by atoms with Crippen LogP contribution in [-0.4, -0.2) is 46.0 Å². The van der Waals surface area contributed by atoms with Gasteiger partial charge in [-0.25, -0.2) is 10.3 Å². The molecule has 0 saturated carbocycles. The lowest BCUT2D eigenvalue weighted by atomic mass is 10.0. The number of hydrogen-bond acceptors (Lipinski definition) is 5. The zero-order chi connectivity index (χ0) is 23.5. The molecule has 0 saturated heterocycles. The first-order chi connectivity index (χ1) is 15.2. The van der Waals surface area contributed by atoms with Gasteiger partial charge in [-0.2, -0.15) is 0 Å². The number of hydroxylamine groups is 1. The Morgan fingerprint density at radius 2 is 1.78 bits per heavy atom. The summed E-state index contributed by atoms with van der Waals surface area (Å²) in [5.74, 6) is -2.54. The largest absolute Gasteiger partial charge is 0.480 e. The first-order valence-corrected chi connectivity index (χ1v) is 10.1. The Morgan fingerprint density at radius 1 is 1.06 bits per heavy atom. The van der Waals surface area contributed by atoms with Crippen LogP contribution in [0.4, 0.5) is 0 Å². The van der Waals surface area contributed by atoms with E-state index in [0.717, 1.165) is 5.56 Å². The lowest BCUT2D eigenvalue weighted by Crippen LogP contribution is -2.46. The number of rotatable bonds is 12. The highest BCUT2D eigenvalue weighted by Crippen LogP contribution is 2.05. The summed E-state index contributed by atoms with van der Waals surface area (Å²) in [6.07, 6.45) is 3.30. The highest BCUT2D eigenvalue weighted by molar-refractivity contribution is 5.96. The predicted molar refractivity (Wildman–Crippen MR) is 115 cm³/mol. The molecule has 0 aliphatic heterocycles. The number of nitrogens with zero attached hydrogens (tertiary/aromatic N) is 1. The molecular formula is C22H28N4O6. The second-order valence-corrected chi connectivity index (χ2v) is 7.64. The zero-order valence-electron chi connectivity index (χ0n) is 18.0. The van der Waals surface area contributed by atoms with Crippen molar-refractivity contribution in [3.8, 4) is 0 Å². The fourth-order valence-electron chi connectivity index (χ4n) is 2.85. The SMILES string of the molecule is CC(C)C[C@H](NC(=O)CNC(=O)c1ccn(CC(=O)NOCc2ccccc2)c1)C(=O)O. The van der Waals surface area contributed by atoms with E-state index in [2.05, 4.69) is 16.1 Å². The van der Waals surface area contributed by atoms with Crippen LogP contribution >= 0.6 is 0 Å². The first-order valence-electron chi connectivity index (χ1n) is 10.1. The molecule has 10 nitrogen and oxygen atoms in total. The number of carbonyl (C=O) groups is 4. The summed E-state index contributed by atoms with van der Waals surface area (Å²) in [5, 5.41) is 14.0. The van der Waals surface area contributed by atoms with Gasteiger partial charge in [-0.3, -0.25) is 19.2 Å². The Balaban J connectivity index is 1.75. The fraction of sp³-hybridized carbons (Fsp3) is 0.364. The van der Waals surface area contributed by atoms with E-state index in [4.69, 9.17) is 9.94 Å². The van der Waals surface area contributed by atoms with E-state index in [1.165, 1.54) is 16.8 Å². The van der Waals surface area contributed by atoms with E-state index >= 15 is 0 Å². The Hall–Kier alpha value is -3.66. The van der Waals surface area contributed by atoms with Crippen molar-refractivity contribution in [3.63, 3.8) is 0 Å². The third kappa shape index (κ3) is 8.60. The van der Waals surface area contributed by atoms with Crippen LogP contribution in [0, 0.1) is 5.92 Å². The van der Waals surface area contributed by atoms with E-state index in [0.29, 0.717) is 0 Å². The molecule has 0 aliphatic carbocycles. The van der Waals surface area contributed by atoms with Crippen LogP contribution in [0.15, 0.2) is 48.8 Å². The number of hydrogen-bond donors (Lipinski definition) is 4. The predicted octanol–water partition coefficient (Wildman–Crippen LogP) is 1.08. The van der Waals surface area contributed by atoms with Crippen LogP contribution in [0.2, 0.25) is 0 Å². The van der Waals surface area contributed by atoms with Crippen molar-refractivity contribution in [2.24, 2.45) is 5.92 Å². The molecule has 0 spiro atoms. The van der Waals surface area contributed by atoms with Gasteiger partial charge < -0.3 is 20.3 Å². The second kappa shape index (κ2) is 12.3. The Bertz CT molecular complexity index is 926. The summed E-state index contributed by atoms with van der Waals surface area (Å²) < 4.78 is 1.50. The minimum Gasteiger partial charge on any atom is -0.480 e. The third-order valence-corrected chi connectivity index (χ3v) is 4.36. The number of carboxylic acid groups (broad SMARTS) is 1. The summed E-state index contributed by atoms with van der Waals surface area (Å²) in [7, 11) is 0. The zero-order valence-corrected chi connectivity index (χ0v) is 18.0. The molecular weight excluding hydrogens is 416 g/mol. The number of amides is 3. The number of carboxylic acids is 1. The van der Waals surface area contributed by atoms with E-state index in [9.17, 15) is 19.2 Å². The maximum Gasteiger partial charge on any atom is 0.326 e. The van der Waals surface area contributed by atoms with Gasteiger partial charge in [-0.05, 0) is 24.0 Å². The highest BCUT2D eigenvalue weighted by atomic mass is 16.6. The number of aliphatic carboxylic acids is 1. The molecule has 0 fully saturated rings. The number of benzene rings is 1. The van der Waals surface area contributed by atoms with Crippen molar-refractivity contribution in [2.45, 2.75) is 39.5 Å². The molecule has 2 rings (SSSR count). The summed E-state index contributed by atoms with van der Waals surface area (Å²) in [6, 6.07) is 9.85. The average molecular weight is 444 g/mol. The maximum absolute atomic E-state index is 12.2. The molecule has 10 heteroatoms. The first kappa shape index (κ1) is 24.6. The lowest BCUT2D eigenvalue weighted by Gasteiger charge is -2.16. The molecule has 4 N–H and O–H groups in total. The van der Waals surface area contributed by atoms with Crippen molar-refractivity contribution in [1.29, 1.82) is 0 Å². The number of aromatic nitrogens is 1. The molecule has 1 atom stereocenters. The summed E-state index contributed by atoms with van der Waals surface area (Å²) in [4.78, 5) is 52.5. The van der Waals surface area contributed by atoms with E-state index in [-0.39, 0.29) is 37.6 Å². The Morgan fingerprint density at radius 3 is 2.44 bits per heavy atom. The molecule has 0 bridgehead atoms. The number of carbonyl (C=O) groups excluding carboxylic acids is 3. The topological polar surface area (TPSA) is 139 Å². The molecule has 1 aromatic carbocycles. The van der Waals surface area contributed by atoms with Gasteiger partial charge in [-0.15, -0.1) is 0 Å². The molecule has 0 radical (unpaired) electrons. The van der Waals surface area contributed by atoms with E-state index in [1.54, 1.807) is 6.20 Å². The van der Waals surface area contributed by atoms with Crippen LogP contribution in [-0.2, 0) is 32.4 Å². The normalized spacial score (nSPS) is 11.6. The Labute approximate surface area is 185 Å².